The number of carbonyl (C=O) groups is 1. The van der Waals surface area contributed by atoms with E-state index in [1.807, 2.05) is 16.7 Å². The fourth-order valence-corrected chi connectivity index (χ4v) is 4.05. The van der Waals surface area contributed by atoms with Crippen molar-refractivity contribution in [2.24, 2.45) is 5.92 Å². The molecule has 2 aliphatic rings. The van der Waals surface area contributed by atoms with Gasteiger partial charge in [-0.1, -0.05) is 11.6 Å². The molecule has 3 heterocycles. The zero-order chi connectivity index (χ0) is 14.7. The quantitative estimate of drug-likeness (QED) is 0.831. The van der Waals surface area contributed by atoms with Crippen molar-refractivity contribution in [1.82, 2.24) is 14.9 Å². The van der Waals surface area contributed by atoms with Crippen LogP contribution in [0.5, 0.6) is 0 Å². The molecule has 1 aromatic rings. The molecule has 114 valence electrons. The summed E-state index contributed by atoms with van der Waals surface area (Å²) in [5, 5.41) is 0.579. The minimum absolute atomic E-state index is 0.157. The molecule has 0 spiro atoms. The lowest BCUT2D eigenvalue weighted by atomic mass is 9.95. The van der Waals surface area contributed by atoms with Crippen LogP contribution in [-0.2, 0) is 4.79 Å². The Morgan fingerprint density at radius 2 is 1.95 bits per heavy atom. The first kappa shape index (κ1) is 14.9. The fourth-order valence-electron chi connectivity index (χ4n) is 2.92. The molecule has 5 nitrogen and oxygen atoms in total. The van der Waals surface area contributed by atoms with Gasteiger partial charge in [0, 0.05) is 43.6 Å². The van der Waals surface area contributed by atoms with Gasteiger partial charge in [-0.25, -0.2) is 9.97 Å². The number of hydrogen-bond acceptors (Lipinski definition) is 5. The number of rotatable bonds is 2. The Hall–Kier alpha value is -1.01. The number of halogens is 1. The molecule has 3 rings (SSSR count). The summed E-state index contributed by atoms with van der Waals surface area (Å²) < 4.78 is 0. The van der Waals surface area contributed by atoms with Crippen molar-refractivity contribution >= 4 is 35.1 Å². The molecule has 0 N–H and O–H groups in total. The van der Waals surface area contributed by atoms with E-state index in [1.54, 1.807) is 6.20 Å². The Labute approximate surface area is 134 Å². The van der Waals surface area contributed by atoms with Crippen molar-refractivity contribution in [2.45, 2.75) is 12.8 Å². The van der Waals surface area contributed by atoms with Gasteiger partial charge in [-0.15, -0.1) is 0 Å². The van der Waals surface area contributed by atoms with Crippen LogP contribution < -0.4 is 4.90 Å². The Balaban J connectivity index is 1.57. The van der Waals surface area contributed by atoms with Crippen LogP contribution in [0.1, 0.15) is 12.8 Å². The molecule has 0 unspecified atom stereocenters. The van der Waals surface area contributed by atoms with Crippen LogP contribution in [0.2, 0.25) is 5.02 Å². The molecule has 1 amide bonds. The molecular weight excluding hydrogens is 308 g/mol. The zero-order valence-electron chi connectivity index (χ0n) is 11.9. The molecule has 1 aromatic heterocycles. The summed E-state index contributed by atoms with van der Waals surface area (Å²) >= 11 is 8.07. The van der Waals surface area contributed by atoms with E-state index < -0.39 is 0 Å². The first-order valence-electron chi connectivity index (χ1n) is 7.32. The van der Waals surface area contributed by atoms with Crippen molar-refractivity contribution in [3.63, 3.8) is 0 Å². The minimum atomic E-state index is 0.157. The first-order valence-corrected chi connectivity index (χ1v) is 8.86. The van der Waals surface area contributed by atoms with Crippen LogP contribution in [0.3, 0.4) is 0 Å². The van der Waals surface area contributed by atoms with Crippen LogP contribution in [0.25, 0.3) is 0 Å². The fraction of sp³-hybridized carbons (Fsp3) is 0.643. The van der Waals surface area contributed by atoms with Crippen molar-refractivity contribution in [2.75, 3.05) is 42.6 Å². The van der Waals surface area contributed by atoms with Crippen molar-refractivity contribution in [3.05, 3.63) is 17.5 Å². The highest BCUT2D eigenvalue weighted by Gasteiger charge is 2.30. The van der Waals surface area contributed by atoms with Gasteiger partial charge in [0.05, 0.1) is 6.20 Å². The van der Waals surface area contributed by atoms with Crippen molar-refractivity contribution in [3.8, 4) is 0 Å². The normalized spacial score (nSPS) is 20.6. The SMILES string of the molecule is O=C(C1CCN(c2ncncc2Cl)CC1)N1CCSCC1. The van der Waals surface area contributed by atoms with E-state index in [9.17, 15) is 4.79 Å². The predicted octanol–water partition coefficient (Wildman–Crippen LogP) is 1.92. The highest BCUT2D eigenvalue weighted by Crippen LogP contribution is 2.28. The van der Waals surface area contributed by atoms with Crippen LogP contribution in [0.15, 0.2) is 12.5 Å². The van der Waals surface area contributed by atoms with Gasteiger partial charge < -0.3 is 9.80 Å². The Morgan fingerprint density at radius 3 is 2.62 bits per heavy atom. The number of anilines is 1. The maximum Gasteiger partial charge on any atom is 0.225 e. The van der Waals surface area contributed by atoms with Crippen molar-refractivity contribution in [1.29, 1.82) is 0 Å². The van der Waals surface area contributed by atoms with Gasteiger partial charge in [0.15, 0.2) is 5.82 Å². The molecule has 0 bridgehead atoms. The molecule has 2 aliphatic heterocycles. The minimum Gasteiger partial charge on any atom is -0.355 e. The zero-order valence-corrected chi connectivity index (χ0v) is 13.4. The van der Waals surface area contributed by atoms with Gasteiger partial charge in [-0.2, -0.15) is 11.8 Å². The summed E-state index contributed by atoms with van der Waals surface area (Å²) in [4.78, 5) is 24.9. The number of nitrogens with zero attached hydrogens (tertiary/aromatic N) is 4. The summed E-state index contributed by atoms with van der Waals surface area (Å²) in [7, 11) is 0. The summed E-state index contributed by atoms with van der Waals surface area (Å²) in [5.41, 5.74) is 0. The summed E-state index contributed by atoms with van der Waals surface area (Å²) in [6, 6.07) is 0. The predicted molar refractivity (Wildman–Crippen MR) is 85.9 cm³/mol. The second kappa shape index (κ2) is 6.83. The van der Waals surface area contributed by atoms with Gasteiger partial charge in [-0.3, -0.25) is 4.79 Å². The number of hydrogen-bond donors (Lipinski definition) is 0. The van der Waals surface area contributed by atoms with Crippen LogP contribution in [-0.4, -0.2) is 58.5 Å². The van der Waals surface area contributed by atoms with Gasteiger partial charge >= 0.3 is 0 Å². The lowest BCUT2D eigenvalue weighted by molar-refractivity contribution is -0.135. The van der Waals surface area contributed by atoms with E-state index in [0.29, 0.717) is 10.9 Å². The smallest absolute Gasteiger partial charge is 0.225 e. The number of carbonyl (C=O) groups excluding carboxylic acids is 1. The van der Waals surface area contributed by atoms with Crippen LogP contribution >= 0.6 is 23.4 Å². The third kappa shape index (κ3) is 3.43. The third-order valence-electron chi connectivity index (χ3n) is 4.11. The number of amides is 1. The highest BCUT2D eigenvalue weighted by molar-refractivity contribution is 7.99. The average Bonchev–Trinajstić information content (AvgIpc) is 2.56. The molecule has 2 saturated heterocycles. The number of thioether (sulfide) groups is 1. The molecular formula is C14H19ClN4OS. The lowest BCUT2D eigenvalue weighted by Gasteiger charge is -2.36. The van der Waals surface area contributed by atoms with E-state index in [1.165, 1.54) is 6.33 Å². The first-order chi connectivity index (χ1) is 10.3. The largest absolute Gasteiger partial charge is 0.355 e. The lowest BCUT2D eigenvalue weighted by Crippen LogP contribution is -2.45. The molecule has 0 aliphatic carbocycles. The van der Waals surface area contributed by atoms with Gasteiger partial charge in [0.1, 0.15) is 11.3 Å². The molecule has 2 fully saturated rings. The maximum atomic E-state index is 12.5. The standard InChI is InChI=1S/C14H19ClN4OS/c15-12-9-16-10-17-13(12)18-3-1-11(2-4-18)14(20)19-5-7-21-8-6-19/h9-11H,1-8H2. The average molecular weight is 327 g/mol. The summed E-state index contributed by atoms with van der Waals surface area (Å²) in [6.07, 6.45) is 4.89. The van der Waals surface area contributed by atoms with E-state index in [-0.39, 0.29) is 5.92 Å². The Bertz CT molecular complexity index is 502. The second-order valence-corrected chi connectivity index (χ2v) is 7.03. The van der Waals surface area contributed by atoms with Crippen LogP contribution in [0, 0.1) is 5.92 Å². The monoisotopic (exact) mass is 326 g/mol. The number of piperidine rings is 1. The second-order valence-electron chi connectivity index (χ2n) is 5.39. The molecule has 7 heteroatoms. The Morgan fingerprint density at radius 1 is 1.24 bits per heavy atom. The van der Waals surface area contributed by atoms with Crippen molar-refractivity contribution < 1.29 is 4.79 Å². The topological polar surface area (TPSA) is 49.3 Å². The van der Waals surface area contributed by atoms with Gasteiger partial charge in [0.2, 0.25) is 5.91 Å². The Kier molecular flexibility index (Phi) is 4.85. The maximum absolute atomic E-state index is 12.5. The third-order valence-corrected chi connectivity index (χ3v) is 5.32. The highest BCUT2D eigenvalue weighted by atomic mass is 35.5. The molecule has 21 heavy (non-hydrogen) atoms. The van der Waals surface area contributed by atoms with E-state index in [2.05, 4.69) is 14.9 Å². The molecule has 0 saturated carbocycles. The summed E-state index contributed by atoms with van der Waals surface area (Å²) in [6.45, 7) is 3.47. The van der Waals surface area contributed by atoms with Gasteiger partial charge in [-0.05, 0) is 12.8 Å². The summed E-state index contributed by atoms with van der Waals surface area (Å²) in [5.74, 6) is 3.42. The van der Waals surface area contributed by atoms with E-state index in [0.717, 1.165) is 56.3 Å². The van der Waals surface area contributed by atoms with E-state index >= 15 is 0 Å². The molecule has 0 radical (unpaired) electrons. The van der Waals surface area contributed by atoms with E-state index in [4.69, 9.17) is 11.6 Å². The van der Waals surface area contributed by atoms with Gasteiger partial charge in [0.25, 0.3) is 0 Å². The number of aromatic nitrogens is 2. The molecule has 0 atom stereocenters. The van der Waals surface area contributed by atoms with Crippen LogP contribution in [0.4, 0.5) is 5.82 Å². The molecule has 0 aromatic carbocycles.